The predicted octanol–water partition coefficient (Wildman–Crippen LogP) is 5.82. The van der Waals surface area contributed by atoms with Crippen molar-refractivity contribution in [3.63, 3.8) is 0 Å². The molecule has 0 amide bonds. The third-order valence-corrected chi connectivity index (χ3v) is 10.7. The lowest BCUT2D eigenvalue weighted by atomic mass is 9.31. The summed E-state index contributed by atoms with van der Waals surface area (Å²) in [5.41, 5.74) is 2.70. The van der Waals surface area contributed by atoms with Crippen molar-refractivity contribution < 1.29 is 0 Å². The van der Waals surface area contributed by atoms with Gasteiger partial charge in [0.15, 0.2) is 0 Å². The van der Waals surface area contributed by atoms with Crippen molar-refractivity contribution in [2.45, 2.75) is 85.3 Å². The first-order valence-electron chi connectivity index (χ1n) is 9.98. The van der Waals surface area contributed by atoms with Gasteiger partial charge in [-0.2, -0.15) is 0 Å². The van der Waals surface area contributed by atoms with Crippen LogP contribution in [0.4, 0.5) is 0 Å². The Hall–Kier alpha value is 0.0649. The van der Waals surface area contributed by atoms with E-state index in [0.29, 0.717) is 16.2 Å². The maximum absolute atomic E-state index is 2.90. The largest absolute Gasteiger partial charge is 0.118 e. The summed E-state index contributed by atoms with van der Waals surface area (Å²) in [6, 6.07) is 0. The van der Waals surface area contributed by atoms with Crippen LogP contribution in [0.25, 0.3) is 0 Å². The average Bonchev–Trinajstić information content (AvgIpc) is 3.11. The molecule has 7 saturated carbocycles. The fraction of sp³-hybridized carbons (Fsp3) is 1.00. The third kappa shape index (κ3) is 1.29. The van der Waals surface area contributed by atoms with Crippen LogP contribution in [0, 0.1) is 45.3 Å². The van der Waals surface area contributed by atoms with E-state index >= 15 is 0 Å². The van der Waals surface area contributed by atoms with E-state index in [1.165, 1.54) is 25.7 Å². The Morgan fingerprint density at radius 2 is 1.64 bits per heavy atom. The normalized spacial score (nSPS) is 62.3. The Bertz CT molecular complexity index is 534. The highest BCUT2D eigenvalue weighted by molar-refractivity contribution is 6.40. The Morgan fingerprint density at radius 1 is 0.909 bits per heavy atom. The molecule has 7 aliphatic rings. The first-order chi connectivity index (χ1) is 10.1. The molecule has 1 spiro atoms. The summed E-state index contributed by atoms with van der Waals surface area (Å²) >= 11 is 0. The van der Waals surface area contributed by atoms with Gasteiger partial charge in [-0.05, 0) is 64.6 Å². The van der Waals surface area contributed by atoms with E-state index in [4.69, 9.17) is 0 Å². The summed E-state index contributed by atoms with van der Waals surface area (Å²) in [7, 11) is 2.90. The second-order valence-electron chi connectivity index (χ2n) is 11.5. The molecule has 7 rings (SSSR count). The van der Waals surface area contributed by atoms with Crippen LogP contribution in [-0.4, -0.2) is 7.28 Å². The number of hydrogen-bond acceptors (Lipinski definition) is 0. The molecule has 0 N–H and O–H groups in total. The van der Waals surface area contributed by atoms with Gasteiger partial charge >= 0.3 is 0 Å². The molecule has 0 nitrogen and oxygen atoms in total. The van der Waals surface area contributed by atoms with Crippen LogP contribution in [0.1, 0.15) is 73.6 Å². The minimum atomic E-state index is 0.644. The van der Waals surface area contributed by atoms with Gasteiger partial charge in [0.2, 0.25) is 0 Å². The highest BCUT2D eigenvalue weighted by atomic mass is 14.9. The molecular weight excluding hydrogens is 263 g/mol. The standard InChI is InChI=1S/C21H34B/c1-12-15-7-13(18(15,2)3)8-16(12)22-17-9-14-10-21(19(14,4)5)11-20(17,21)6/h12-17H,7-11H2,1-6H3/t12-,13-,14+,15+,16-,17-,20-,21+/m0/s1. The molecule has 1 heteroatoms. The van der Waals surface area contributed by atoms with Gasteiger partial charge in [-0.1, -0.05) is 66.0 Å². The Labute approximate surface area is 138 Å². The van der Waals surface area contributed by atoms with Crippen molar-refractivity contribution in [3.05, 3.63) is 0 Å². The van der Waals surface area contributed by atoms with Crippen molar-refractivity contribution in [1.29, 1.82) is 0 Å². The minimum Gasteiger partial charge on any atom is -0.0655 e. The number of hydrogen-bond donors (Lipinski definition) is 0. The summed E-state index contributed by atoms with van der Waals surface area (Å²) in [4.78, 5) is 0. The monoisotopic (exact) mass is 297 g/mol. The number of fused-ring (bicyclic) bond motifs is 3. The maximum Gasteiger partial charge on any atom is 0.118 e. The number of rotatable bonds is 2. The SMILES string of the molecule is C[C@H]1[C@H]2C[C@@H](C[C@@H]1[B][C@H]1C[C@@H]3C[C@@]4(C[C@@]14C)C3(C)C)C2(C)C. The maximum atomic E-state index is 2.90. The first kappa shape index (κ1) is 14.4. The topological polar surface area (TPSA) is 0 Å². The van der Waals surface area contributed by atoms with Gasteiger partial charge in [0.25, 0.3) is 0 Å². The van der Waals surface area contributed by atoms with Crippen molar-refractivity contribution in [3.8, 4) is 0 Å². The van der Waals surface area contributed by atoms with Crippen LogP contribution in [-0.2, 0) is 0 Å². The molecule has 0 aromatic rings. The first-order valence-corrected chi connectivity index (χ1v) is 9.98. The van der Waals surface area contributed by atoms with E-state index in [1.54, 1.807) is 6.42 Å². The molecule has 0 aromatic heterocycles. The molecule has 0 aromatic carbocycles. The van der Waals surface area contributed by atoms with Crippen LogP contribution in [0.2, 0.25) is 11.6 Å². The highest BCUT2D eigenvalue weighted by Crippen LogP contribution is 2.91. The van der Waals surface area contributed by atoms with E-state index < -0.39 is 0 Å². The second-order valence-corrected chi connectivity index (χ2v) is 11.5. The second kappa shape index (κ2) is 3.67. The molecule has 121 valence electrons. The van der Waals surface area contributed by atoms with Crippen molar-refractivity contribution in [2.24, 2.45) is 45.3 Å². The smallest absolute Gasteiger partial charge is 0.0655 e. The zero-order chi connectivity index (χ0) is 15.7. The fourth-order valence-electron chi connectivity index (χ4n) is 8.51. The van der Waals surface area contributed by atoms with Gasteiger partial charge in [-0.15, -0.1) is 0 Å². The molecular formula is C21H34B. The Morgan fingerprint density at radius 3 is 2.23 bits per heavy atom. The Kier molecular flexibility index (Phi) is 2.40. The van der Waals surface area contributed by atoms with Gasteiger partial charge < -0.3 is 0 Å². The van der Waals surface area contributed by atoms with Crippen LogP contribution in [0.5, 0.6) is 0 Å². The van der Waals surface area contributed by atoms with Crippen molar-refractivity contribution in [2.75, 3.05) is 0 Å². The highest BCUT2D eigenvalue weighted by Gasteiger charge is 2.82. The van der Waals surface area contributed by atoms with Gasteiger partial charge in [-0.3, -0.25) is 0 Å². The third-order valence-electron chi connectivity index (χ3n) is 10.7. The van der Waals surface area contributed by atoms with E-state index in [2.05, 4.69) is 48.8 Å². The van der Waals surface area contributed by atoms with Gasteiger partial charge in [0.05, 0.1) is 0 Å². The molecule has 8 atom stereocenters. The summed E-state index contributed by atoms with van der Waals surface area (Å²) in [5.74, 6) is 5.84. The molecule has 1 radical (unpaired) electrons. The predicted molar refractivity (Wildman–Crippen MR) is 94.1 cm³/mol. The van der Waals surface area contributed by atoms with E-state index in [1.807, 2.05) is 0 Å². The molecule has 7 fully saturated rings. The van der Waals surface area contributed by atoms with Crippen LogP contribution in [0.15, 0.2) is 0 Å². The van der Waals surface area contributed by atoms with E-state index in [0.717, 1.165) is 40.7 Å². The minimum absolute atomic E-state index is 0.644. The van der Waals surface area contributed by atoms with E-state index in [-0.39, 0.29) is 0 Å². The molecule has 0 saturated heterocycles. The van der Waals surface area contributed by atoms with Crippen LogP contribution >= 0.6 is 0 Å². The van der Waals surface area contributed by atoms with E-state index in [9.17, 15) is 0 Å². The van der Waals surface area contributed by atoms with Gasteiger partial charge in [-0.25, -0.2) is 0 Å². The molecule has 0 heterocycles. The lowest BCUT2D eigenvalue weighted by Crippen LogP contribution is -2.57. The Balaban J connectivity index is 1.33. The van der Waals surface area contributed by atoms with Crippen LogP contribution in [0.3, 0.4) is 0 Å². The summed E-state index contributed by atoms with van der Waals surface area (Å²) < 4.78 is 0. The lowest BCUT2D eigenvalue weighted by molar-refractivity contribution is -0.112. The fourth-order valence-corrected chi connectivity index (χ4v) is 8.51. The van der Waals surface area contributed by atoms with Crippen molar-refractivity contribution >= 4 is 7.28 Å². The van der Waals surface area contributed by atoms with Crippen molar-refractivity contribution in [1.82, 2.24) is 0 Å². The molecule has 0 aliphatic heterocycles. The van der Waals surface area contributed by atoms with Gasteiger partial charge in [0.1, 0.15) is 7.28 Å². The lowest BCUT2D eigenvalue weighted by Gasteiger charge is -2.65. The zero-order valence-electron chi connectivity index (χ0n) is 15.6. The molecule has 4 bridgehead atoms. The van der Waals surface area contributed by atoms with Crippen LogP contribution < -0.4 is 0 Å². The zero-order valence-corrected chi connectivity index (χ0v) is 15.6. The molecule has 22 heavy (non-hydrogen) atoms. The van der Waals surface area contributed by atoms with Gasteiger partial charge in [0, 0.05) is 0 Å². The molecule has 0 unspecified atom stereocenters. The summed E-state index contributed by atoms with van der Waals surface area (Å²) in [6.45, 7) is 15.4. The molecule has 7 aliphatic carbocycles. The summed E-state index contributed by atoms with van der Waals surface area (Å²) in [6.07, 6.45) is 7.62. The average molecular weight is 297 g/mol. The summed E-state index contributed by atoms with van der Waals surface area (Å²) in [5, 5.41) is 0. The quantitative estimate of drug-likeness (QED) is 0.564.